The van der Waals surface area contributed by atoms with Crippen LogP contribution in [0, 0.1) is 0 Å². The molecular weight excluding hydrogens is 741 g/mol. The zero-order valence-corrected chi connectivity index (χ0v) is 33.5. The second-order valence-corrected chi connectivity index (χ2v) is 15.3. The van der Waals surface area contributed by atoms with Crippen LogP contribution >= 0.6 is 0 Å². The van der Waals surface area contributed by atoms with Gasteiger partial charge in [-0.2, -0.15) is 5.10 Å². The van der Waals surface area contributed by atoms with Gasteiger partial charge in [-0.25, -0.2) is 29.9 Å². The summed E-state index contributed by atoms with van der Waals surface area (Å²) in [5, 5.41) is 25.7. The number of anilines is 2. The summed E-state index contributed by atoms with van der Waals surface area (Å²) in [6.45, 7) is 11.1. The average molecular weight is 785 g/mol. The van der Waals surface area contributed by atoms with Crippen molar-refractivity contribution in [2.75, 3.05) is 17.2 Å². The fourth-order valence-electron chi connectivity index (χ4n) is 7.25. The Balaban J connectivity index is 0.953. The van der Waals surface area contributed by atoms with Gasteiger partial charge in [0, 0.05) is 77.5 Å². The first kappa shape index (κ1) is 37.3. The summed E-state index contributed by atoms with van der Waals surface area (Å²) in [7, 11) is 0. The van der Waals surface area contributed by atoms with Gasteiger partial charge in [-0.15, -0.1) is 0 Å². The Morgan fingerprint density at radius 1 is 0.712 bits per heavy atom. The van der Waals surface area contributed by atoms with E-state index in [2.05, 4.69) is 80.6 Å². The van der Waals surface area contributed by atoms with Crippen molar-refractivity contribution in [3.05, 3.63) is 109 Å². The lowest BCUT2D eigenvalue weighted by molar-refractivity contribution is 0.475. The number of hydrogen-bond donors (Lipinski definition) is 4. The van der Waals surface area contributed by atoms with E-state index in [0.29, 0.717) is 41.8 Å². The summed E-state index contributed by atoms with van der Waals surface area (Å²) in [6.07, 6.45) is 10.4. The Kier molecular flexibility index (Phi) is 9.84. The Bertz CT molecular complexity index is 2900. The number of pyridine rings is 2. The van der Waals surface area contributed by atoms with Crippen LogP contribution < -0.4 is 10.6 Å². The quantitative estimate of drug-likeness (QED) is 0.0880. The molecule has 0 aliphatic heterocycles. The Labute approximate surface area is 340 Å². The molecule has 2 aromatic carbocycles. The molecule has 9 aromatic rings. The molecule has 7 heterocycles. The number of nitrogens with one attached hydrogen (secondary N) is 3. The van der Waals surface area contributed by atoms with E-state index >= 15 is 0 Å². The number of hydrogen-bond acceptors (Lipinski definition) is 12. The number of H-pyrrole nitrogens is 1. The Hall–Kier alpha value is -7.29. The molecule has 0 amide bonds. The number of fused-ring (bicyclic) bond motifs is 3. The second kappa shape index (κ2) is 15.6. The van der Waals surface area contributed by atoms with Gasteiger partial charge in [-0.3, -0.25) is 15.1 Å². The minimum absolute atomic E-state index is 0.0387. The molecular formula is C44H44N14O. The summed E-state index contributed by atoms with van der Waals surface area (Å²) in [5.74, 6) is 2.73. The predicted octanol–water partition coefficient (Wildman–Crippen LogP) is 8.20. The van der Waals surface area contributed by atoms with Crippen LogP contribution in [0.3, 0.4) is 0 Å². The third-order valence-electron chi connectivity index (χ3n) is 10.4. The maximum Gasteiger partial charge on any atom is 0.166 e. The van der Waals surface area contributed by atoms with Gasteiger partial charge in [0.05, 0.1) is 23.9 Å². The highest BCUT2D eigenvalue weighted by Gasteiger charge is 2.19. The maximum absolute atomic E-state index is 9.73. The van der Waals surface area contributed by atoms with E-state index in [1.54, 1.807) is 24.5 Å². The molecule has 0 spiro atoms. The summed E-state index contributed by atoms with van der Waals surface area (Å²) in [6, 6.07) is 21.7. The van der Waals surface area contributed by atoms with Crippen molar-refractivity contribution in [2.45, 2.75) is 65.6 Å². The number of phenols is 1. The summed E-state index contributed by atoms with van der Waals surface area (Å²) >= 11 is 0. The number of phenolic OH excluding ortho intramolecular Hbond substituents is 1. The molecule has 1 unspecified atom stereocenters. The largest absolute Gasteiger partial charge is 0.508 e. The highest BCUT2D eigenvalue weighted by molar-refractivity contribution is 5.88. The van der Waals surface area contributed by atoms with Crippen LogP contribution in [-0.2, 0) is 12.8 Å². The molecule has 15 nitrogen and oxygen atoms in total. The summed E-state index contributed by atoms with van der Waals surface area (Å²) < 4.78 is 4.11. The van der Waals surface area contributed by atoms with Crippen molar-refractivity contribution in [3.63, 3.8) is 0 Å². The molecule has 15 heteroatoms. The van der Waals surface area contributed by atoms with Crippen LogP contribution in [0.5, 0.6) is 5.75 Å². The Morgan fingerprint density at radius 3 is 2.05 bits per heavy atom. The van der Waals surface area contributed by atoms with Gasteiger partial charge in [0.15, 0.2) is 34.6 Å². The fraction of sp³-hybridized carbons (Fsp3) is 0.250. The van der Waals surface area contributed by atoms with Gasteiger partial charge < -0.3 is 24.9 Å². The van der Waals surface area contributed by atoms with Crippen LogP contribution in [-0.4, -0.2) is 76.9 Å². The molecule has 0 saturated heterocycles. The van der Waals surface area contributed by atoms with E-state index in [9.17, 15) is 5.11 Å². The number of imidazole rings is 2. The van der Waals surface area contributed by atoms with Crippen molar-refractivity contribution < 1.29 is 5.11 Å². The molecule has 0 fully saturated rings. The van der Waals surface area contributed by atoms with Crippen molar-refractivity contribution in [1.82, 2.24) is 59.2 Å². The molecule has 0 radical (unpaired) electrons. The van der Waals surface area contributed by atoms with Crippen LogP contribution in [0.1, 0.15) is 58.0 Å². The minimum Gasteiger partial charge on any atom is -0.508 e. The number of aromatic hydroxyl groups is 1. The molecule has 1 atom stereocenters. The van der Waals surface area contributed by atoms with Crippen LogP contribution in [0.15, 0.2) is 98.0 Å². The summed E-state index contributed by atoms with van der Waals surface area (Å²) in [4.78, 5) is 38.2. The molecule has 0 bridgehead atoms. The lowest BCUT2D eigenvalue weighted by Crippen LogP contribution is -2.19. The van der Waals surface area contributed by atoms with Gasteiger partial charge in [0.1, 0.15) is 16.8 Å². The molecule has 7 aromatic heterocycles. The zero-order valence-electron chi connectivity index (χ0n) is 33.5. The molecule has 9 rings (SSSR count). The second-order valence-electron chi connectivity index (χ2n) is 15.3. The summed E-state index contributed by atoms with van der Waals surface area (Å²) in [5.41, 5.74) is 9.37. The first-order valence-corrected chi connectivity index (χ1v) is 19.8. The highest BCUT2D eigenvalue weighted by Crippen LogP contribution is 2.30. The van der Waals surface area contributed by atoms with Gasteiger partial charge in [-0.05, 0) is 95.1 Å². The number of benzene rings is 2. The topological polar surface area (TPSA) is 186 Å². The molecule has 59 heavy (non-hydrogen) atoms. The smallest absolute Gasteiger partial charge is 0.166 e. The third kappa shape index (κ3) is 7.49. The van der Waals surface area contributed by atoms with E-state index in [0.717, 1.165) is 67.8 Å². The van der Waals surface area contributed by atoms with Crippen molar-refractivity contribution >= 4 is 44.9 Å². The normalized spacial score (nSPS) is 12.3. The van der Waals surface area contributed by atoms with Crippen LogP contribution in [0.4, 0.5) is 11.6 Å². The van der Waals surface area contributed by atoms with Crippen LogP contribution in [0.2, 0.25) is 0 Å². The molecule has 4 N–H and O–H groups in total. The molecule has 0 saturated carbocycles. The predicted molar refractivity (Wildman–Crippen MR) is 230 cm³/mol. The molecule has 0 aliphatic rings. The lowest BCUT2D eigenvalue weighted by Gasteiger charge is -2.16. The number of aromatic amines is 1. The third-order valence-corrected chi connectivity index (χ3v) is 10.4. The highest BCUT2D eigenvalue weighted by atomic mass is 16.3. The maximum atomic E-state index is 9.73. The first-order valence-electron chi connectivity index (χ1n) is 19.8. The van der Waals surface area contributed by atoms with E-state index in [1.807, 2.05) is 67.4 Å². The van der Waals surface area contributed by atoms with Crippen molar-refractivity contribution in [2.24, 2.45) is 0 Å². The Morgan fingerprint density at radius 2 is 1.39 bits per heavy atom. The van der Waals surface area contributed by atoms with Crippen molar-refractivity contribution in [1.29, 1.82) is 0 Å². The van der Waals surface area contributed by atoms with E-state index in [1.165, 1.54) is 0 Å². The van der Waals surface area contributed by atoms with Gasteiger partial charge in [-0.1, -0.05) is 18.2 Å². The average Bonchev–Trinajstić information content (AvgIpc) is 3.99. The molecule has 296 valence electrons. The zero-order chi connectivity index (χ0) is 40.6. The fourth-order valence-corrected chi connectivity index (χ4v) is 7.25. The lowest BCUT2D eigenvalue weighted by atomic mass is 10.1. The minimum atomic E-state index is 0.0387. The standard InChI is InChI=1S/C44H44N14O/c1-25(2)57-23-48-37-41(51-39(53-43(37)57)30-7-6-17-45-21-30)46-18-16-36-33-20-29(10-15-35(33)55-56-36)34-14-11-31(22-47-34)40-52-42(38-44(54-40)58(24-49-38)26(3)4)50-27(5)19-28-8-12-32(59)13-9-28/h6-15,17,20-27,59H,16,18-19H2,1-5H3,(H,55,56)(H,46,51,53)(H,50,52,54). The SMILES string of the molecule is CC(Cc1ccc(O)cc1)Nc1nc(-c2ccc(-c3ccc4n[nH]c(CCNc5nc(-c6cccnc6)nc6c5ncn6C(C)C)c4c3)nc2)nc2c1ncn2C(C)C. The van der Waals surface area contributed by atoms with Gasteiger partial charge >= 0.3 is 0 Å². The van der Waals surface area contributed by atoms with E-state index in [4.69, 9.17) is 29.9 Å². The van der Waals surface area contributed by atoms with Crippen molar-refractivity contribution in [3.8, 4) is 39.8 Å². The van der Waals surface area contributed by atoms with Gasteiger partial charge in [0.2, 0.25) is 0 Å². The monoisotopic (exact) mass is 784 g/mol. The number of nitrogens with zero attached hydrogens (tertiary/aromatic N) is 11. The number of rotatable bonds is 13. The number of aromatic nitrogens is 12. The van der Waals surface area contributed by atoms with Gasteiger partial charge in [0.25, 0.3) is 0 Å². The van der Waals surface area contributed by atoms with Crippen LogP contribution in [0.25, 0.3) is 67.3 Å². The van der Waals surface area contributed by atoms with E-state index < -0.39 is 0 Å². The van der Waals surface area contributed by atoms with E-state index in [-0.39, 0.29) is 23.9 Å². The molecule has 0 aliphatic carbocycles. The first-order chi connectivity index (χ1) is 28.7.